The minimum absolute atomic E-state index is 0.0612. The first-order valence-corrected chi connectivity index (χ1v) is 8.10. The van der Waals surface area contributed by atoms with E-state index in [9.17, 15) is 4.79 Å². The van der Waals surface area contributed by atoms with Crippen LogP contribution in [0.4, 0.5) is 0 Å². The van der Waals surface area contributed by atoms with Gasteiger partial charge in [0, 0.05) is 64.0 Å². The number of fused-ring (bicyclic) bond motifs is 1. The van der Waals surface area contributed by atoms with Gasteiger partial charge in [0.15, 0.2) is 0 Å². The van der Waals surface area contributed by atoms with E-state index in [1.165, 1.54) is 0 Å². The van der Waals surface area contributed by atoms with Crippen molar-refractivity contribution in [2.75, 3.05) is 32.7 Å². The molecular formula is C17H26N4O. The Morgan fingerprint density at radius 2 is 2.14 bits per heavy atom. The van der Waals surface area contributed by atoms with Crippen LogP contribution in [0, 0.1) is 0 Å². The first-order valence-electron chi connectivity index (χ1n) is 8.10. The lowest BCUT2D eigenvalue weighted by Gasteiger charge is -2.55. The molecule has 120 valence electrons. The van der Waals surface area contributed by atoms with Crippen molar-refractivity contribution < 1.29 is 4.79 Å². The van der Waals surface area contributed by atoms with E-state index in [0.29, 0.717) is 6.04 Å². The van der Waals surface area contributed by atoms with Gasteiger partial charge in [-0.05, 0) is 26.0 Å². The van der Waals surface area contributed by atoms with Gasteiger partial charge < -0.3 is 4.90 Å². The van der Waals surface area contributed by atoms with Gasteiger partial charge in [-0.25, -0.2) is 0 Å². The van der Waals surface area contributed by atoms with E-state index in [0.717, 1.165) is 45.0 Å². The SMILES string of the molecule is CC(=O)N1C[C@@H]2CN(Cc3ccccn3)CCN2C(C)(C)C1. The molecule has 3 heterocycles. The zero-order valence-corrected chi connectivity index (χ0v) is 13.8. The Kier molecular flexibility index (Phi) is 4.19. The summed E-state index contributed by atoms with van der Waals surface area (Å²) >= 11 is 0. The molecule has 0 aliphatic carbocycles. The Morgan fingerprint density at radius 1 is 1.32 bits per heavy atom. The van der Waals surface area contributed by atoms with Crippen molar-refractivity contribution in [3.63, 3.8) is 0 Å². The molecule has 3 rings (SSSR count). The van der Waals surface area contributed by atoms with Crippen molar-refractivity contribution in [2.24, 2.45) is 0 Å². The number of hydrogen-bond acceptors (Lipinski definition) is 4. The number of carbonyl (C=O) groups is 1. The van der Waals surface area contributed by atoms with Crippen LogP contribution in [0.5, 0.6) is 0 Å². The van der Waals surface area contributed by atoms with Crippen LogP contribution in [0.1, 0.15) is 26.5 Å². The minimum Gasteiger partial charge on any atom is -0.339 e. The summed E-state index contributed by atoms with van der Waals surface area (Å²) < 4.78 is 0. The predicted molar refractivity (Wildman–Crippen MR) is 86.3 cm³/mol. The van der Waals surface area contributed by atoms with E-state index in [1.54, 1.807) is 6.92 Å². The largest absolute Gasteiger partial charge is 0.339 e. The number of piperazine rings is 2. The lowest BCUT2D eigenvalue weighted by atomic mass is 9.92. The van der Waals surface area contributed by atoms with Gasteiger partial charge in [0.1, 0.15) is 0 Å². The summed E-state index contributed by atoms with van der Waals surface area (Å²) in [4.78, 5) is 23.3. The Hall–Kier alpha value is -1.46. The Labute approximate surface area is 132 Å². The van der Waals surface area contributed by atoms with Crippen LogP contribution in [0.15, 0.2) is 24.4 Å². The highest BCUT2D eigenvalue weighted by molar-refractivity contribution is 5.73. The zero-order valence-electron chi connectivity index (χ0n) is 13.8. The molecule has 5 nitrogen and oxygen atoms in total. The first-order chi connectivity index (χ1) is 10.5. The molecule has 1 aromatic heterocycles. The summed E-state index contributed by atoms with van der Waals surface area (Å²) in [5.41, 5.74) is 1.18. The molecule has 0 N–H and O–H groups in total. The van der Waals surface area contributed by atoms with Crippen molar-refractivity contribution in [3.8, 4) is 0 Å². The maximum atomic E-state index is 11.8. The van der Waals surface area contributed by atoms with Crippen LogP contribution in [0.3, 0.4) is 0 Å². The van der Waals surface area contributed by atoms with E-state index in [4.69, 9.17) is 0 Å². The third-order valence-electron chi connectivity index (χ3n) is 4.91. The summed E-state index contributed by atoms with van der Waals surface area (Å²) in [6, 6.07) is 6.50. The second-order valence-corrected chi connectivity index (χ2v) is 7.12. The molecular weight excluding hydrogens is 276 g/mol. The summed E-state index contributed by atoms with van der Waals surface area (Å²) in [6.07, 6.45) is 1.85. The van der Waals surface area contributed by atoms with Gasteiger partial charge in [0.05, 0.1) is 5.69 Å². The molecule has 1 amide bonds. The van der Waals surface area contributed by atoms with E-state index < -0.39 is 0 Å². The zero-order chi connectivity index (χ0) is 15.7. The number of amides is 1. The average molecular weight is 302 g/mol. The van der Waals surface area contributed by atoms with Gasteiger partial charge in [-0.3, -0.25) is 19.6 Å². The van der Waals surface area contributed by atoms with Crippen molar-refractivity contribution in [3.05, 3.63) is 30.1 Å². The Morgan fingerprint density at radius 3 is 2.82 bits per heavy atom. The minimum atomic E-state index is 0.0612. The number of pyridine rings is 1. The Bertz CT molecular complexity index is 531. The quantitative estimate of drug-likeness (QED) is 0.823. The van der Waals surface area contributed by atoms with Gasteiger partial charge >= 0.3 is 0 Å². The van der Waals surface area contributed by atoms with Crippen LogP contribution in [0.25, 0.3) is 0 Å². The van der Waals surface area contributed by atoms with Crippen LogP contribution >= 0.6 is 0 Å². The van der Waals surface area contributed by atoms with Crippen LogP contribution in [-0.2, 0) is 11.3 Å². The number of rotatable bonds is 2. The normalized spacial score (nSPS) is 25.8. The van der Waals surface area contributed by atoms with Crippen molar-refractivity contribution in [1.82, 2.24) is 19.7 Å². The van der Waals surface area contributed by atoms with Gasteiger partial charge in [0.25, 0.3) is 0 Å². The molecule has 0 aromatic carbocycles. The summed E-state index contributed by atoms with van der Waals surface area (Å²) in [6.45, 7) is 11.9. The van der Waals surface area contributed by atoms with Crippen LogP contribution in [0.2, 0.25) is 0 Å². The van der Waals surface area contributed by atoms with Gasteiger partial charge in [0.2, 0.25) is 5.91 Å². The lowest BCUT2D eigenvalue weighted by Crippen LogP contribution is -2.70. The number of carbonyl (C=O) groups excluding carboxylic acids is 1. The maximum Gasteiger partial charge on any atom is 0.219 e. The topological polar surface area (TPSA) is 39.7 Å². The van der Waals surface area contributed by atoms with Crippen LogP contribution in [-0.4, -0.2) is 69.9 Å². The van der Waals surface area contributed by atoms with Crippen molar-refractivity contribution >= 4 is 5.91 Å². The molecule has 2 fully saturated rings. The fraction of sp³-hybridized carbons (Fsp3) is 0.647. The highest BCUT2D eigenvalue weighted by Gasteiger charge is 2.43. The third kappa shape index (κ3) is 3.15. The van der Waals surface area contributed by atoms with E-state index in [1.807, 2.05) is 23.2 Å². The summed E-state index contributed by atoms with van der Waals surface area (Å²) in [7, 11) is 0. The lowest BCUT2D eigenvalue weighted by molar-refractivity contribution is -0.139. The molecule has 5 heteroatoms. The second-order valence-electron chi connectivity index (χ2n) is 7.12. The van der Waals surface area contributed by atoms with E-state index in [-0.39, 0.29) is 11.4 Å². The van der Waals surface area contributed by atoms with Crippen molar-refractivity contribution in [2.45, 2.75) is 38.9 Å². The molecule has 2 saturated heterocycles. The maximum absolute atomic E-state index is 11.8. The number of nitrogens with zero attached hydrogens (tertiary/aromatic N) is 4. The summed E-state index contributed by atoms with van der Waals surface area (Å²) in [5.74, 6) is 0.189. The fourth-order valence-corrected chi connectivity index (χ4v) is 3.85. The average Bonchev–Trinajstić information content (AvgIpc) is 2.47. The molecule has 1 atom stereocenters. The molecule has 2 aliphatic rings. The van der Waals surface area contributed by atoms with Crippen molar-refractivity contribution in [1.29, 1.82) is 0 Å². The predicted octanol–water partition coefficient (Wildman–Crippen LogP) is 1.21. The standard InChI is InChI=1S/C17H26N4O/c1-14(22)20-12-16-11-19(10-15-6-4-5-7-18-15)8-9-21(16)17(2,3)13-20/h4-7,16H,8-13H2,1-3H3/t16-/m0/s1. The molecule has 22 heavy (non-hydrogen) atoms. The first kappa shape index (κ1) is 15.4. The monoisotopic (exact) mass is 302 g/mol. The second kappa shape index (κ2) is 5.97. The number of aromatic nitrogens is 1. The molecule has 2 aliphatic heterocycles. The van der Waals surface area contributed by atoms with Gasteiger partial charge in [-0.2, -0.15) is 0 Å². The van der Waals surface area contributed by atoms with E-state index >= 15 is 0 Å². The molecule has 0 bridgehead atoms. The summed E-state index contributed by atoms with van der Waals surface area (Å²) in [5, 5.41) is 0. The fourth-order valence-electron chi connectivity index (χ4n) is 3.85. The van der Waals surface area contributed by atoms with Gasteiger partial charge in [-0.15, -0.1) is 0 Å². The highest BCUT2D eigenvalue weighted by Crippen LogP contribution is 2.28. The smallest absolute Gasteiger partial charge is 0.219 e. The van der Waals surface area contributed by atoms with Crippen LogP contribution < -0.4 is 0 Å². The molecule has 0 unspecified atom stereocenters. The number of hydrogen-bond donors (Lipinski definition) is 0. The third-order valence-corrected chi connectivity index (χ3v) is 4.91. The Balaban J connectivity index is 1.69. The van der Waals surface area contributed by atoms with E-state index in [2.05, 4.69) is 34.7 Å². The molecule has 0 spiro atoms. The molecule has 1 aromatic rings. The van der Waals surface area contributed by atoms with Gasteiger partial charge in [-0.1, -0.05) is 6.07 Å². The molecule has 0 saturated carbocycles. The highest BCUT2D eigenvalue weighted by atomic mass is 16.2. The molecule has 0 radical (unpaired) electrons.